The highest BCUT2D eigenvalue weighted by Gasteiger charge is 2.06. The van der Waals surface area contributed by atoms with Crippen molar-refractivity contribution in [2.24, 2.45) is 0 Å². The number of anilines is 1. The Morgan fingerprint density at radius 3 is 2.73 bits per heavy atom. The van der Waals surface area contributed by atoms with Crippen molar-refractivity contribution in [3.63, 3.8) is 0 Å². The van der Waals surface area contributed by atoms with Crippen molar-refractivity contribution in [2.45, 2.75) is 20.4 Å². The van der Waals surface area contributed by atoms with Crippen LogP contribution >= 0.6 is 11.6 Å². The average Bonchev–Trinajstić information content (AvgIpc) is 2.48. The Bertz CT molecular complexity index is 659. The first-order valence-corrected chi connectivity index (χ1v) is 7.49. The summed E-state index contributed by atoms with van der Waals surface area (Å²) in [5.74, 6) is 0.606. The number of rotatable bonds is 5. The number of carbonyl (C=O) groups excluding carboxylic acids is 1. The molecule has 0 radical (unpaired) electrons. The molecule has 0 bridgehead atoms. The molecule has 2 aromatic carbocycles. The molecule has 0 heterocycles. The minimum Gasteiger partial charge on any atom is -0.492 e. The topological polar surface area (TPSA) is 50.4 Å². The molecule has 116 valence electrons. The molecule has 0 unspecified atom stereocenters. The van der Waals surface area contributed by atoms with Crippen molar-refractivity contribution >= 4 is 23.3 Å². The number of urea groups is 1. The van der Waals surface area contributed by atoms with Crippen LogP contribution in [-0.2, 0) is 6.54 Å². The van der Waals surface area contributed by atoms with Crippen molar-refractivity contribution < 1.29 is 9.53 Å². The lowest BCUT2D eigenvalue weighted by atomic mass is 10.1. The summed E-state index contributed by atoms with van der Waals surface area (Å²) in [6.45, 7) is 4.93. The van der Waals surface area contributed by atoms with E-state index in [1.807, 2.05) is 38.1 Å². The maximum absolute atomic E-state index is 11.9. The third-order valence-electron chi connectivity index (χ3n) is 3.03. The van der Waals surface area contributed by atoms with E-state index < -0.39 is 0 Å². The van der Waals surface area contributed by atoms with Gasteiger partial charge in [0.15, 0.2) is 0 Å². The second kappa shape index (κ2) is 7.71. The Hall–Kier alpha value is -2.20. The summed E-state index contributed by atoms with van der Waals surface area (Å²) < 4.78 is 5.35. The van der Waals surface area contributed by atoms with Gasteiger partial charge >= 0.3 is 6.03 Å². The Kier molecular flexibility index (Phi) is 5.67. The second-order valence-corrected chi connectivity index (χ2v) is 5.28. The van der Waals surface area contributed by atoms with Gasteiger partial charge in [-0.25, -0.2) is 4.79 Å². The standard InChI is InChI=1S/C17H19ClN2O2/c1-3-22-16-8-7-14(10-15(16)18)20-17(21)19-11-13-6-4-5-12(2)9-13/h4-10H,3,11H2,1-2H3,(H2,19,20,21). The number of halogens is 1. The molecule has 2 N–H and O–H groups in total. The summed E-state index contributed by atoms with van der Waals surface area (Å²) in [5.41, 5.74) is 2.84. The highest BCUT2D eigenvalue weighted by atomic mass is 35.5. The largest absolute Gasteiger partial charge is 0.492 e. The van der Waals surface area contributed by atoms with E-state index in [0.29, 0.717) is 29.6 Å². The summed E-state index contributed by atoms with van der Waals surface area (Å²) in [6.07, 6.45) is 0. The first kappa shape index (κ1) is 16.2. The molecular formula is C17H19ClN2O2. The molecular weight excluding hydrogens is 300 g/mol. The van der Waals surface area contributed by atoms with Gasteiger partial charge in [0.25, 0.3) is 0 Å². The molecule has 2 amide bonds. The number of hydrogen-bond acceptors (Lipinski definition) is 2. The van der Waals surface area contributed by atoms with Crippen LogP contribution in [0.2, 0.25) is 5.02 Å². The van der Waals surface area contributed by atoms with Crippen LogP contribution in [-0.4, -0.2) is 12.6 Å². The fourth-order valence-corrected chi connectivity index (χ4v) is 2.27. The van der Waals surface area contributed by atoms with Crippen molar-refractivity contribution in [3.8, 4) is 5.75 Å². The van der Waals surface area contributed by atoms with Crippen LogP contribution in [0.4, 0.5) is 10.5 Å². The molecule has 2 aromatic rings. The average molecular weight is 319 g/mol. The van der Waals surface area contributed by atoms with Crippen LogP contribution < -0.4 is 15.4 Å². The highest BCUT2D eigenvalue weighted by Crippen LogP contribution is 2.27. The molecule has 4 nitrogen and oxygen atoms in total. The number of ether oxygens (including phenoxy) is 1. The van der Waals surface area contributed by atoms with Crippen LogP contribution in [0.5, 0.6) is 5.75 Å². The molecule has 22 heavy (non-hydrogen) atoms. The first-order chi connectivity index (χ1) is 10.6. The molecule has 0 saturated heterocycles. The molecule has 0 aromatic heterocycles. The normalized spacial score (nSPS) is 10.1. The number of carbonyl (C=O) groups is 1. The van der Waals surface area contributed by atoms with Gasteiger partial charge in [-0.3, -0.25) is 0 Å². The molecule has 0 aliphatic carbocycles. The zero-order valence-corrected chi connectivity index (χ0v) is 13.4. The van der Waals surface area contributed by atoms with Crippen LogP contribution in [0, 0.1) is 6.92 Å². The number of hydrogen-bond donors (Lipinski definition) is 2. The minimum absolute atomic E-state index is 0.276. The van der Waals surface area contributed by atoms with Crippen molar-refractivity contribution in [2.75, 3.05) is 11.9 Å². The minimum atomic E-state index is -0.276. The first-order valence-electron chi connectivity index (χ1n) is 7.11. The predicted octanol–water partition coefficient (Wildman–Crippen LogP) is 4.37. The number of nitrogens with one attached hydrogen (secondary N) is 2. The van der Waals surface area contributed by atoms with Gasteiger partial charge in [-0.2, -0.15) is 0 Å². The van der Waals surface area contributed by atoms with E-state index in [9.17, 15) is 4.79 Å². The zero-order chi connectivity index (χ0) is 15.9. The fourth-order valence-electron chi connectivity index (χ4n) is 2.03. The maximum Gasteiger partial charge on any atom is 0.319 e. The van der Waals surface area contributed by atoms with Crippen LogP contribution in [0.25, 0.3) is 0 Å². The lowest BCUT2D eigenvalue weighted by molar-refractivity contribution is 0.251. The highest BCUT2D eigenvalue weighted by molar-refractivity contribution is 6.32. The Labute approximate surface area is 135 Å². The molecule has 2 rings (SSSR count). The van der Waals surface area contributed by atoms with Gasteiger partial charge in [-0.1, -0.05) is 41.4 Å². The molecule has 0 aliphatic heterocycles. The Morgan fingerprint density at radius 1 is 1.23 bits per heavy atom. The van der Waals surface area contributed by atoms with Crippen molar-refractivity contribution in [1.82, 2.24) is 5.32 Å². The number of benzene rings is 2. The van der Waals surface area contributed by atoms with Crippen molar-refractivity contribution in [3.05, 3.63) is 58.6 Å². The summed E-state index contributed by atoms with van der Waals surface area (Å²) in [5, 5.41) is 6.03. The maximum atomic E-state index is 11.9. The van der Waals surface area contributed by atoms with Gasteiger partial charge < -0.3 is 15.4 Å². The zero-order valence-electron chi connectivity index (χ0n) is 12.7. The predicted molar refractivity (Wildman–Crippen MR) is 89.7 cm³/mol. The summed E-state index contributed by atoms with van der Waals surface area (Å²) >= 11 is 6.09. The van der Waals surface area contributed by atoms with Crippen molar-refractivity contribution in [1.29, 1.82) is 0 Å². The SMILES string of the molecule is CCOc1ccc(NC(=O)NCc2cccc(C)c2)cc1Cl. The molecule has 0 atom stereocenters. The lowest BCUT2D eigenvalue weighted by Gasteiger charge is -2.10. The van der Waals surface area contributed by atoms with Gasteiger partial charge in [0.2, 0.25) is 0 Å². The molecule has 0 aliphatic rings. The third-order valence-corrected chi connectivity index (χ3v) is 3.32. The number of amides is 2. The second-order valence-electron chi connectivity index (χ2n) is 4.87. The molecule has 5 heteroatoms. The smallest absolute Gasteiger partial charge is 0.319 e. The van der Waals surface area contributed by atoms with Crippen LogP contribution in [0.15, 0.2) is 42.5 Å². The summed E-state index contributed by atoms with van der Waals surface area (Å²) in [4.78, 5) is 11.9. The Balaban J connectivity index is 1.90. The summed E-state index contributed by atoms with van der Waals surface area (Å²) in [7, 11) is 0. The lowest BCUT2D eigenvalue weighted by Crippen LogP contribution is -2.28. The molecule has 0 fully saturated rings. The molecule has 0 spiro atoms. The van der Waals surface area contributed by atoms with E-state index in [4.69, 9.17) is 16.3 Å². The van der Waals surface area contributed by atoms with Gasteiger partial charge in [0, 0.05) is 12.2 Å². The molecule has 0 saturated carbocycles. The van der Waals surface area contributed by atoms with E-state index in [1.165, 1.54) is 0 Å². The van der Waals surface area contributed by atoms with Gasteiger partial charge in [0.1, 0.15) is 5.75 Å². The van der Waals surface area contributed by atoms with Gasteiger partial charge in [-0.15, -0.1) is 0 Å². The van der Waals surface area contributed by atoms with Gasteiger partial charge in [-0.05, 0) is 37.6 Å². The van der Waals surface area contributed by atoms with E-state index in [2.05, 4.69) is 10.6 Å². The number of aryl methyl sites for hydroxylation is 1. The fraction of sp³-hybridized carbons (Fsp3) is 0.235. The van der Waals surface area contributed by atoms with Crippen LogP contribution in [0.1, 0.15) is 18.1 Å². The monoisotopic (exact) mass is 318 g/mol. The van der Waals surface area contributed by atoms with Gasteiger partial charge in [0.05, 0.1) is 11.6 Å². The van der Waals surface area contributed by atoms with E-state index in [1.54, 1.807) is 18.2 Å². The van der Waals surface area contributed by atoms with Crippen LogP contribution in [0.3, 0.4) is 0 Å². The van der Waals surface area contributed by atoms with E-state index in [-0.39, 0.29) is 6.03 Å². The third kappa shape index (κ3) is 4.67. The Morgan fingerprint density at radius 2 is 2.05 bits per heavy atom. The van der Waals surface area contributed by atoms with E-state index in [0.717, 1.165) is 11.1 Å². The quantitative estimate of drug-likeness (QED) is 0.860. The van der Waals surface area contributed by atoms with E-state index >= 15 is 0 Å². The summed E-state index contributed by atoms with van der Waals surface area (Å²) in [6, 6.07) is 12.9.